The average Bonchev–Trinajstić information content (AvgIpc) is 2.65. The Morgan fingerprint density at radius 3 is 1.92 bits per heavy atom. The van der Waals surface area contributed by atoms with Crippen LogP contribution in [0.25, 0.3) is 0 Å². The van der Waals surface area contributed by atoms with Crippen LogP contribution in [0.2, 0.25) is 0 Å². The van der Waals surface area contributed by atoms with Gasteiger partial charge in [0.1, 0.15) is 5.75 Å². The van der Waals surface area contributed by atoms with Gasteiger partial charge in [-0.15, -0.1) is 0 Å². The molecule has 0 spiro atoms. The highest BCUT2D eigenvalue weighted by Gasteiger charge is 2.00. The molecule has 2 heteroatoms. The van der Waals surface area contributed by atoms with Gasteiger partial charge in [-0.3, -0.25) is 0 Å². The molecule has 0 unspecified atom stereocenters. The number of phenols is 1. The molecule has 0 aromatic heterocycles. The van der Waals surface area contributed by atoms with E-state index in [0.29, 0.717) is 5.75 Å². The van der Waals surface area contributed by atoms with E-state index < -0.39 is 0 Å². The summed E-state index contributed by atoms with van der Waals surface area (Å²) >= 11 is 1.69. The highest BCUT2D eigenvalue weighted by molar-refractivity contribution is 7.99. The van der Waals surface area contributed by atoms with Crippen molar-refractivity contribution in [2.75, 3.05) is 0 Å². The van der Waals surface area contributed by atoms with Crippen molar-refractivity contribution in [2.24, 2.45) is 0 Å². The van der Waals surface area contributed by atoms with E-state index in [1.54, 1.807) is 17.8 Å². The smallest absolute Gasteiger partial charge is 0.116 e. The quantitative estimate of drug-likeness (QED) is 0.360. The molecular weight excluding hydrogens is 336 g/mol. The molecule has 0 saturated heterocycles. The number of unbranched alkanes of at least 4 members (excludes halogenated alkanes) is 9. The Balaban J connectivity index is 1.56. The highest BCUT2D eigenvalue weighted by Crippen LogP contribution is 2.29. The highest BCUT2D eigenvalue weighted by atomic mass is 32.2. The predicted molar refractivity (Wildman–Crippen MR) is 114 cm³/mol. The Morgan fingerprint density at radius 1 is 0.692 bits per heavy atom. The standard InChI is InChI=1S/C24H34OS/c1-2-3-4-5-6-7-8-9-10-11-13-21-16-18-23(19-17-21)26-24-15-12-14-22(25)20-24/h12,14-20,25H,2-11,13H2,1H3. The molecule has 0 heterocycles. The Kier molecular flexibility index (Phi) is 10.3. The molecule has 1 N–H and O–H groups in total. The fraction of sp³-hybridized carbons (Fsp3) is 0.500. The van der Waals surface area contributed by atoms with Gasteiger partial charge in [-0.05, 0) is 48.7 Å². The van der Waals surface area contributed by atoms with Crippen molar-refractivity contribution in [1.29, 1.82) is 0 Å². The molecule has 0 saturated carbocycles. The molecule has 2 rings (SSSR count). The maximum atomic E-state index is 9.54. The minimum absolute atomic E-state index is 0.326. The molecule has 142 valence electrons. The van der Waals surface area contributed by atoms with Crippen molar-refractivity contribution in [2.45, 2.75) is 87.3 Å². The van der Waals surface area contributed by atoms with Crippen molar-refractivity contribution in [3.05, 3.63) is 54.1 Å². The van der Waals surface area contributed by atoms with Crippen LogP contribution >= 0.6 is 11.8 Å². The topological polar surface area (TPSA) is 20.2 Å². The first kappa shape index (κ1) is 20.9. The summed E-state index contributed by atoms with van der Waals surface area (Å²) in [6.07, 6.45) is 15.1. The second-order valence-corrected chi connectivity index (χ2v) is 8.32. The lowest BCUT2D eigenvalue weighted by Gasteiger charge is -2.05. The van der Waals surface area contributed by atoms with Crippen LogP contribution in [0.1, 0.15) is 76.7 Å². The molecule has 0 amide bonds. The number of hydrogen-bond donors (Lipinski definition) is 1. The van der Waals surface area contributed by atoms with Crippen molar-refractivity contribution in [3.63, 3.8) is 0 Å². The second kappa shape index (κ2) is 12.9. The number of rotatable bonds is 13. The van der Waals surface area contributed by atoms with E-state index >= 15 is 0 Å². The Labute approximate surface area is 164 Å². The van der Waals surface area contributed by atoms with Gasteiger partial charge >= 0.3 is 0 Å². The van der Waals surface area contributed by atoms with Gasteiger partial charge in [0.15, 0.2) is 0 Å². The van der Waals surface area contributed by atoms with Gasteiger partial charge in [-0.2, -0.15) is 0 Å². The van der Waals surface area contributed by atoms with Crippen LogP contribution in [-0.4, -0.2) is 5.11 Å². The van der Waals surface area contributed by atoms with Crippen molar-refractivity contribution in [1.82, 2.24) is 0 Å². The van der Waals surface area contributed by atoms with E-state index in [9.17, 15) is 5.11 Å². The molecule has 0 aliphatic heterocycles. The molecule has 2 aromatic carbocycles. The Hall–Kier alpha value is -1.41. The third-order valence-electron chi connectivity index (χ3n) is 4.80. The molecule has 0 aliphatic carbocycles. The van der Waals surface area contributed by atoms with E-state index in [1.807, 2.05) is 18.2 Å². The van der Waals surface area contributed by atoms with Crippen LogP contribution in [0.5, 0.6) is 5.75 Å². The van der Waals surface area contributed by atoms with Crippen LogP contribution in [0.4, 0.5) is 0 Å². The number of aromatic hydroxyl groups is 1. The lowest BCUT2D eigenvalue weighted by molar-refractivity contribution is 0.474. The molecule has 0 fully saturated rings. The van der Waals surface area contributed by atoms with Crippen LogP contribution in [-0.2, 0) is 6.42 Å². The van der Waals surface area contributed by atoms with E-state index in [2.05, 4.69) is 31.2 Å². The number of benzene rings is 2. The summed E-state index contributed by atoms with van der Waals surface area (Å²) in [7, 11) is 0. The third kappa shape index (κ3) is 8.80. The van der Waals surface area contributed by atoms with Gasteiger partial charge in [-0.25, -0.2) is 0 Å². The van der Waals surface area contributed by atoms with Gasteiger partial charge in [0.2, 0.25) is 0 Å². The third-order valence-corrected chi connectivity index (χ3v) is 5.79. The molecule has 26 heavy (non-hydrogen) atoms. The summed E-state index contributed by atoms with van der Waals surface area (Å²) in [5.74, 6) is 0.326. The predicted octanol–water partition coefficient (Wildman–Crippen LogP) is 8.01. The lowest BCUT2D eigenvalue weighted by Crippen LogP contribution is -1.87. The summed E-state index contributed by atoms with van der Waals surface area (Å²) in [5.41, 5.74) is 1.44. The van der Waals surface area contributed by atoms with Gasteiger partial charge in [0, 0.05) is 9.79 Å². The normalized spacial score (nSPS) is 11.0. The van der Waals surface area contributed by atoms with Gasteiger partial charge in [0.25, 0.3) is 0 Å². The maximum Gasteiger partial charge on any atom is 0.116 e. The Bertz CT molecular complexity index is 606. The zero-order chi connectivity index (χ0) is 18.5. The summed E-state index contributed by atoms with van der Waals surface area (Å²) in [6, 6.07) is 16.3. The number of aryl methyl sites for hydroxylation is 1. The zero-order valence-corrected chi connectivity index (χ0v) is 17.1. The zero-order valence-electron chi connectivity index (χ0n) is 16.3. The fourth-order valence-electron chi connectivity index (χ4n) is 3.22. The first-order valence-corrected chi connectivity index (χ1v) is 11.2. The largest absolute Gasteiger partial charge is 0.508 e. The summed E-state index contributed by atoms with van der Waals surface area (Å²) in [6.45, 7) is 2.28. The minimum atomic E-state index is 0.326. The molecular formula is C24H34OS. The summed E-state index contributed by atoms with van der Waals surface area (Å²) in [5, 5.41) is 9.54. The Morgan fingerprint density at radius 2 is 1.31 bits per heavy atom. The molecule has 0 radical (unpaired) electrons. The van der Waals surface area contributed by atoms with Crippen molar-refractivity contribution >= 4 is 11.8 Å². The van der Waals surface area contributed by atoms with E-state index in [0.717, 1.165) is 4.90 Å². The first-order valence-electron chi connectivity index (χ1n) is 10.3. The molecule has 1 nitrogen and oxygen atoms in total. The summed E-state index contributed by atoms with van der Waals surface area (Å²) in [4.78, 5) is 2.30. The number of phenolic OH excluding ortho intramolecular Hbond substituents is 1. The van der Waals surface area contributed by atoms with Crippen LogP contribution in [0, 0.1) is 0 Å². The molecule has 0 bridgehead atoms. The molecule has 0 atom stereocenters. The lowest BCUT2D eigenvalue weighted by atomic mass is 10.0. The summed E-state index contributed by atoms with van der Waals surface area (Å²) < 4.78 is 0. The van der Waals surface area contributed by atoms with Gasteiger partial charge in [0.05, 0.1) is 0 Å². The first-order chi connectivity index (χ1) is 12.8. The molecule has 0 aliphatic rings. The van der Waals surface area contributed by atoms with E-state index in [-0.39, 0.29) is 0 Å². The van der Waals surface area contributed by atoms with Crippen molar-refractivity contribution < 1.29 is 5.11 Å². The average molecular weight is 371 g/mol. The van der Waals surface area contributed by atoms with Crippen LogP contribution in [0.15, 0.2) is 58.3 Å². The SMILES string of the molecule is CCCCCCCCCCCCc1ccc(Sc2cccc(O)c2)cc1. The van der Waals surface area contributed by atoms with Crippen LogP contribution in [0.3, 0.4) is 0 Å². The monoisotopic (exact) mass is 370 g/mol. The van der Waals surface area contributed by atoms with Gasteiger partial charge < -0.3 is 5.11 Å². The van der Waals surface area contributed by atoms with Gasteiger partial charge in [-0.1, -0.05) is 94.7 Å². The fourth-order valence-corrected chi connectivity index (χ4v) is 4.09. The number of hydrogen-bond acceptors (Lipinski definition) is 2. The maximum absolute atomic E-state index is 9.54. The van der Waals surface area contributed by atoms with Crippen LogP contribution < -0.4 is 0 Å². The van der Waals surface area contributed by atoms with E-state index in [4.69, 9.17) is 0 Å². The van der Waals surface area contributed by atoms with Crippen molar-refractivity contribution in [3.8, 4) is 5.75 Å². The minimum Gasteiger partial charge on any atom is -0.508 e. The molecule has 2 aromatic rings. The van der Waals surface area contributed by atoms with E-state index in [1.165, 1.54) is 81.1 Å². The second-order valence-electron chi connectivity index (χ2n) is 7.18.